The topological polar surface area (TPSA) is 70.6 Å². The third-order valence-electron chi connectivity index (χ3n) is 3.40. The van der Waals surface area contributed by atoms with E-state index in [0.29, 0.717) is 19.0 Å². The highest BCUT2D eigenvalue weighted by Gasteiger charge is 2.07. The van der Waals surface area contributed by atoms with Crippen LogP contribution in [0.3, 0.4) is 0 Å². The highest BCUT2D eigenvalue weighted by molar-refractivity contribution is 7.91. The molecule has 1 aromatic carbocycles. The third kappa shape index (κ3) is 6.47. The predicted molar refractivity (Wildman–Crippen MR) is 93.1 cm³/mol. The number of sulfone groups is 1. The molecule has 0 atom stereocenters. The van der Waals surface area contributed by atoms with Crippen LogP contribution < -0.4 is 10.6 Å². The number of nitrogens with zero attached hydrogens (tertiary/aromatic N) is 1. The molecule has 0 aliphatic carbocycles. The van der Waals surface area contributed by atoms with E-state index in [1.165, 1.54) is 16.7 Å². The molecule has 0 amide bonds. The number of aryl methyl sites for hydroxylation is 2. The van der Waals surface area contributed by atoms with Crippen LogP contribution in [0.15, 0.2) is 23.2 Å². The van der Waals surface area contributed by atoms with E-state index in [4.69, 9.17) is 0 Å². The van der Waals surface area contributed by atoms with Crippen molar-refractivity contribution in [2.24, 2.45) is 4.99 Å². The van der Waals surface area contributed by atoms with Gasteiger partial charge in [0.1, 0.15) is 0 Å². The first-order valence-corrected chi connectivity index (χ1v) is 9.48. The Bertz CT molecular complexity index is 610. The number of benzene rings is 1. The summed E-state index contributed by atoms with van der Waals surface area (Å²) >= 11 is 0. The van der Waals surface area contributed by atoms with Gasteiger partial charge in [0.25, 0.3) is 0 Å². The van der Waals surface area contributed by atoms with Crippen molar-refractivity contribution < 1.29 is 8.42 Å². The molecule has 0 bridgehead atoms. The molecule has 0 unspecified atom stereocenters. The summed E-state index contributed by atoms with van der Waals surface area (Å²) < 4.78 is 23.0. The number of hydrogen-bond acceptors (Lipinski definition) is 3. The van der Waals surface area contributed by atoms with Gasteiger partial charge >= 0.3 is 0 Å². The van der Waals surface area contributed by atoms with Crippen LogP contribution in [0.5, 0.6) is 0 Å². The van der Waals surface area contributed by atoms with E-state index in [0.717, 1.165) is 6.54 Å². The van der Waals surface area contributed by atoms with Crippen LogP contribution in [0.25, 0.3) is 0 Å². The molecule has 0 saturated heterocycles. The molecule has 1 rings (SSSR count). The van der Waals surface area contributed by atoms with Crippen LogP contribution in [0.2, 0.25) is 0 Å². The van der Waals surface area contributed by atoms with Gasteiger partial charge in [-0.15, -0.1) is 0 Å². The van der Waals surface area contributed by atoms with Gasteiger partial charge in [0, 0.05) is 18.8 Å². The summed E-state index contributed by atoms with van der Waals surface area (Å²) in [7, 11) is -2.95. The molecule has 0 aromatic heterocycles. The van der Waals surface area contributed by atoms with Crippen molar-refractivity contribution in [1.29, 1.82) is 0 Å². The van der Waals surface area contributed by atoms with Crippen molar-refractivity contribution >= 4 is 15.8 Å². The Kier molecular flexibility index (Phi) is 7.38. The van der Waals surface area contributed by atoms with Gasteiger partial charge < -0.3 is 10.6 Å². The molecule has 22 heavy (non-hydrogen) atoms. The first-order chi connectivity index (χ1) is 10.4. The predicted octanol–water partition coefficient (Wildman–Crippen LogP) is 1.79. The zero-order valence-corrected chi connectivity index (χ0v) is 14.8. The van der Waals surface area contributed by atoms with E-state index in [-0.39, 0.29) is 11.5 Å². The molecule has 5 nitrogen and oxygen atoms in total. The zero-order valence-electron chi connectivity index (χ0n) is 13.9. The van der Waals surface area contributed by atoms with Crippen molar-refractivity contribution in [3.8, 4) is 0 Å². The maximum atomic E-state index is 11.5. The normalized spacial score (nSPS) is 12.3. The number of rotatable bonds is 7. The van der Waals surface area contributed by atoms with Crippen LogP contribution in [0.4, 0.5) is 0 Å². The van der Waals surface area contributed by atoms with E-state index < -0.39 is 9.84 Å². The molecule has 0 saturated carbocycles. The minimum absolute atomic E-state index is 0.122. The lowest BCUT2D eigenvalue weighted by Crippen LogP contribution is -2.39. The fourth-order valence-corrected chi connectivity index (χ4v) is 2.70. The molecule has 0 fully saturated rings. The molecule has 6 heteroatoms. The summed E-state index contributed by atoms with van der Waals surface area (Å²) in [4.78, 5) is 4.52. The average molecular weight is 325 g/mol. The van der Waals surface area contributed by atoms with Crippen molar-refractivity contribution in [3.63, 3.8) is 0 Å². The number of aliphatic imine (C=N–C) groups is 1. The average Bonchev–Trinajstić information content (AvgIpc) is 2.46. The zero-order chi connectivity index (χ0) is 16.6. The molecule has 2 N–H and O–H groups in total. The molecular formula is C16H27N3O2S. The maximum absolute atomic E-state index is 11.5. The quantitative estimate of drug-likeness (QED) is 0.592. The molecule has 1 aromatic rings. The van der Waals surface area contributed by atoms with Crippen molar-refractivity contribution in [3.05, 3.63) is 34.9 Å². The van der Waals surface area contributed by atoms with Gasteiger partial charge in [-0.25, -0.2) is 13.4 Å². The smallest absolute Gasteiger partial charge is 0.191 e. The van der Waals surface area contributed by atoms with E-state index in [1.807, 2.05) is 6.92 Å². The number of hydrogen-bond donors (Lipinski definition) is 2. The monoisotopic (exact) mass is 325 g/mol. The summed E-state index contributed by atoms with van der Waals surface area (Å²) in [5.74, 6) is 0.941. The van der Waals surface area contributed by atoms with E-state index in [9.17, 15) is 8.42 Å². The van der Waals surface area contributed by atoms with Gasteiger partial charge in [0.15, 0.2) is 15.8 Å². The van der Waals surface area contributed by atoms with Gasteiger partial charge in [0.05, 0.1) is 12.3 Å². The van der Waals surface area contributed by atoms with E-state index >= 15 is 0 Å². The molecular weight excluding hydrogens is 298 g/mol. The summed E-state index contributed by atoms with van der Waals surface area (Å²) in [6, 6.07) is 6.30. The van der Waals surface area contributed by atoms with Crippen LogP contribution in [-0.2, 0) is 16.4 Å². The Balaban J connectivity index is 2.65. The molecule has 124 valence electrons. The highest BCUT2D eigenvalue weighted by Crippen LogP contribution is 2.11. The molecule has 0 heterocycles. The van der Waals surface area contributed by atoms with Gasteiger partial charge in [-0.2, -0.15) is 0 Å². The Hall–Kier alpha value is -1.56. The Morgan fingerprint density at radius 1 is 1.18 bits per heavy atom. The van der Waals surface area contributed by atoms with Gasteiger partial charge in [-0.1, -0.05) is 30.7 Å². The van der Waals surface area contributed by atoms with Crippen LogP contribution >= 0.6 is 0 Å². The van der Waals surface area contributed by atoms with Gasteiger partial charge in [-0.05, 0) is 31.9 Å². The fraction of sp³-hybridized carbons (Fsp3) is 0.562. The minimum Gasteiger partial charge on any atom is -0.357 e. The van der Waals surface area contributed by atoms with Gasteiger partial charge in [-0.3, -0.25) is 0 Å². The van der Waals surface area contributed by atoms with E-state index in [2.05, 4.69) is 47.7 Å². The van der Waals surface area contributed by atoms with Crippen LogP contribution in [-0.4, -0.2) is 39.0 Å². The van der Waals surface area contributed by atoms with E-state index in [1.54, 1.807) is 6.92 Å². The number of nitrogens with one attached hydrogen (secondary N) is 2. The molecule has 0 aliphatic heterocycles. The lowest BCUT2D eigenvalue weighted by Gasteiger charge is -2.12. The summed E-state index contributed by atoms with van der Waals surface area (Å²) in [6.45, 7) is 9.47. The lowest BCUT2D eigenvalue weighted by molar-refractivity contribution is 0.595. The maximum Gasteiger partial charge on any atom is 0.191 e. The largest absolute Gasteiger partial charge is 0.357 e. The SMILES string of the molecule is CCNC(=NCc1ccc(C)cc1C)NCCS(=O)(=O)CC. The molecule has 0 radical (unpaired) electrons. The van der Waals surface area contributed by atoms with Crippen molar-refractivity contribution in [2.45, 2.75) is 34.2 Å². The fourth-order valence-electron chi connectivity index (χ4n) is 2.00. The Morgan fingerprint density at radius 2 is 1.91 bits per heavy atom. The van der Waals surface area contributed by atoms with Crippen molar-refractivity contribution in [1.82, 2.24) is 10.6 Å². The third-order valence-corrected chi connectivity index (χ3v) is 5.10. The Morgan fingerprint density at radius 3 is 2.50 bits per heavy atom. The Labute approximate surface area is 134 Å². The first-order valence-electron chi connectivity index (χ1n) is 7.66. The van der Waals surface area contributed by atoms with Crippen molar-refractivity contribution in [2.75, 3.05) is 24.6 Å². The van der Waals surface area contributed by atoms with Crippen LogP contribution in [0.1, 0.15) is 30.5 Å². The lowest BCUT2D eigenvalue weighted by atomic mass is 10.1. The first kappa shape index (κ1) is 18.5. The summed E-state index contributed by atoms with van der Waals surface area (Å²) in [6.07, 6.45) is 0. The molecule has 0 aliphatic rings. The standard InChI is InChI=1S/C16H27N3O2S/c1-5-17-16(18-9-10-22(20,21)6-2)19-12-15-8-7-13(3)11-14(15)4/h7-8,11H,5-6,9-10,12H2,1-4H3,(H2,17,18,19). The highest BCUT2D eigenvalue weighted by atomic mass is 32.2. The second kappa shape index (κ2) is 8.78. The number of guanidine groups is 1. The summed E-state index contributed by atoms with van der Waals surface area (Å²) in [5, 5.41) is 6.20. The minimum atomic E-state index is -2.95. The molecule has 0 spiro atoms. The second-order valence-corrected chi connectivity index (χ2v) is 7.76. The van der Waals surface area contributed by atoms with Crippen LogP contribution in [0, 0.1) is 13.8 Å². The van der Waals surface area contributed by atoms with Gasteiger partial charge in [0.2, 0.25) is 0 Å². The second-order valence-electron chi connectivity index (χ2n) is 5.29. The summed E-state index contributed by atoms with van der Waals surface area (Å²) in [5.41, 5.74) is 3.62.